The van der Waals surface area contributed by atoms with Gasteiger partial charge in [-0.05, 0) is 12.8 Å². The number of carbonyl (C=O) groups is 2. The Morgan fingerprint density at radius 1 is 1.31 bits per heavy atom. The zero-order chi connectivity index (χ0) is 12.8. The minimum atomic E-state index is -0.950. The monoisotopic (exact) mass is 229 g/mol. The van der Waals surface area contributed by atoms with E-state index in [1.807, 2.05) is 27.7 Å². The molecule has 0 fully saturated rings. The summed E-state index contributed by atoms with van der Waals surface area (Å²) in [6.45, 7) is 7.56. The lowest BCUT2D eigenvalue weighted by Gasteiger charge is -2.24. The first kappa shape index (κ1) is 14.9. The molecule has 0 aliphatic heterocycles. The van der Waals surface area contributed by atoms with E-state index in [0.29, 0.717) is 12.8 Å². The van der Waals surface area contributed by atoms with Crippen LogP contribution in [0, 0.1) is 5.41 Å². The molecule has 0 aliphatic rings. The lowest BCUT2D eigenvalue weighted by Crippen LogP contribution is -2.46. The normalized spacial score (nSPS) is 13.2. The van der Waals surface area contributed by atoms with Crippen LogP contribution in [0.4, 0.5) is 0 Å². The molecule has 0 aromatic rings. The highest BCUT2D eigenvalue weighted by molar-refractivity contribution is 5.86. The van der Waals surface area contributed by atoms with Gasteiger partial charge in [-0.1, -0.05) is 40.5 Å². The van der Waals surface area contributed by atoms with Crippen molar-refractivity contribution in [2.24, 2.45) is 5.41 Å². The van der Waals surface area contributed by atoms with Gasteiger partial charge in [-0.25, -0.2) is 4.79 Å². The number of carbonyl (C=O) groups excluding carboxylic acids is 1. The minimum absolute atomic E-state index is 0.182. The van der Waals surface area contributed by atoms with Crippen molar-refractivity contribution in [2.75, 3.05) is 0 Å². The Labute approximate surface area is 97.4 Å². The maximum atomic E-state index is 11.8. The lowest BCUT2D eigenvalue weighted by atomic mass is 9.89. The molecule has 0 bridgehead atoms. The number of carboxylic acid groups (broad SMARTS) is 1. The topological polar surface area (TPSA) is 66.4 Å². The van der Waals surface area contributed by atoms with Crippen molar-refractivity contribution in [3.05, 3.63) is 0 Å². The third-order valence-corrected chi connectivity index (χ3v) is 2.95. The number of amides is 1. The zero-order valence-electron chi connectivity index (χ0n) is 10.7. The number of hydrogen-bond acceptors (Lipinski definition) is 2. The molecule has 4 heteroatoms. The van der Waals surface area contributed by atoms with Crippen LogP contribution in [0.2, 0.25) is 0 Å². The Hall–Kier alpha value is -1.06. The van der Waals surface area contributed by atoms with Crippen LogP contribution in [0.3, 0.4) is 0 Å². The highest BCUT2D eigenvalue weighted by atomic mass is 16.4. The van der Waals surface area contributed by atoms with Crippen LogP contribution in [0.15, 0.2) is 0 Å². The van der Waals surface area contributed by atoms with Crippen molar-refractivity contribution in [1.82, 2.24) is 5.32 Å². The average molecular weight is 229 g/mol. The molecule has 0 rings (SSSR count). The molecule has 0 aliphatic carbocycles. The van der Waals surface area contributed by atoms with E-state index in [9.17, 15) is 9.59 Å². The number of nitrogens with one attached hydrogen (secondary N) is 1. The van der Waals surface area contributed by atoms with Crippen molar-refractivity contribution in [2.45, 2.75) is 59.4 Å². The summed E-state index contributed by atoms with van der Waals surface area (Å²) in [5.41, 5.74) is -0.500. The molecular formula is C12H23NO3. The Morgan fingerprint density at radius 3 is 2.25 bits per heavy atom. The molecule has 94 valence electrons. The van der Waals surface area contributed by atoms with Gasteiger partial charge in [-0.3, -0.25) is 4.79 Å². The van der Waals surface area contributed by atoms with Gasteiger partial charge < -0.3 is 10.4 Å². The average Bonchev–Trinajstić information content (AvgIpc) is 2.23. The zero-order valence-corrected chi connectivity index (χ0v) is 10.7. The summed E-state index contributed by atoms with van der Waals surface area (Å²) in [5.74, 6) is -1.13. The smallest absolute Gasteiger partial charge is 0.326 e. The molecule has 0 heterocycles. The molecule has 0 saturated heterocycles. The maximum absolute atomic E-state index is 11.8. The summed E-state index contributed by atoms with van der Waals surface area (Å²) in [6.07, 6.45) is 2.93. The standard InChI is InChI=1S/C12H23NO3/c1-5-7-8-9(10(14)15)13-11(16)12(3,4)6-2/h9H,5-8H2,1-4H3,(H,13,16)(H,14,15)/t9-/m0/s1. The van der Waals surface area contributed by atoms with Crippen LogP contribution in [-0.4, -0.2) is 23.0 Å². The second-order valence-corrected chi connectivity index (χ2v) is 4.74. The third-order valence-electron chi connectivity index (χ3n) is 2.95. The van der Waals surface area contributed by atoms with E-state index in [1.54, 1.807) is 0 Å². The number of unbranched alkanes of at least 4 members (excludes halogenated alkanes) is 1. The minimum Gasteiger partial charge on any atom is -0.480 e. The molecule has 0 unspecified atom stereocenters. The van der Waals surface area contributed by atoms with Gasteiger partial charge in [-0.2, -0.15) is 0 Å². The highest BCUT2D eigenvalue weighted by Gasteiger charge is 2.29. The Bertz CT molecular complexity index is 249. The second-order valence-electron chi connectivity index (χ2n) is 4.74. The van der Waals surface area contributed by atoms with Crippen molar-refractivity contribution in [1.29, 1.82) is 0 Å². The van der Waals surface area contributed by atoms with Gasteiger partial charge in [-0.15, -0.1) is 0 Å². The van der Waals surface area contributed by atoms with Crippen molar-refractivity contribution < 1.29 is 14.7 Å². The molecule has 1 amide bonds. The number of aliphatic carboxylic acids is 1. The van der Waals surface area contributed by atoms with E-state index in [4.69, 9.17) is 5.11 Å². The van der Waals surface area contributed by atoms with Gasteiger partial charge in [0.2, 0.25) is 5.91 Å². The summed E-state index contributed by atoms with van der Waals surface area (Å²) in [4.78, 5) is 22.7. The van der Waals surface area contributed by atoms with Crippen LogP contribution < -0.4 is 5.32 Å². The van der Waals surface area contributed by atoms with E-state index >= 15 is 0 Å². The molecular weight excluding hydrogens is 206 g/mol. The van der Waals surface area contributed by atoms with Crippen LogP contribution in [-0.2, 0) is 9.59 Å². The van der Waals surface area contributed by atoms with Gasteiger partial charge in [0.1, 0.15) is 6.04 Å². The fraction of sp³-hybridized carbons (Fsp3) is 0.833. The first-order valence-electron chi connectivity index (χ1n) is 5.89. The predicted molar refractivity (Wildman–Crippen MR) is 63.2 cm³/mol. The summed E-state index contributed by atoms with van der Waals surface area (Å²) in [7, 11) is 0. The van der Waals surface area contributed by atoms with Gasteiger partial charge in [0.05, 0.1) is 0 Å². The fourth-order valence-corrected chi connectivity index (χ4v) is 1.18. The van der Waals surface area contributed by atoms with Crippen molar-refractivity contribution in [3.63, 3.8) is 0 Å². The van der Waals surface area contributed by atoms with Gasteiger partial charge >= 0.3 is 5.97 Å². The molecule has 1 atom stereocenters. The Kier molecular flexibility index (Phi) is 6.08. The van der Waals surface area contributed by atoms with Gasteiger partial charge in [0.25, 0.3) is 0 Å². The Balaban J connectivity index is 4.40. The number of carboxylic acids is 1. The number of rotatable bonds is 7. The van der Waals surface area contributed by atoms with E-state index in [0.717, 1.165) is 12.8 Å². The third kappa shape index (κ3) is 4.64. The number of hydrogen-bond donors (Lipinski definition) is 2. The van der Waals surface area contributed by atoms with E-state index in [1.165, 1.54) is 0 Å². The summed E-state index contributed by atoms with van der Waals surface area (Å²) in [5, 5.41) is 11.6. The first-order chi connectivity index (χ1) is 7.35. The highest BCUT2D eigenvalue weighted by Crippen LogP contribution is 2.20. The van der Waals surface area contributed by atoms with E-state index in [2.05, 4.69) is 5.32 Å². The molecule has 2 N–H and O–H groups in total. The molecule has 16 heavy (non-hydrogen) atoms. The van der Waals surface area contributed by atoms with Crippen molar-refractivity contribution in [3.8, 4) is 0 Å². The molecule has 0 saturated carbocycles. The first-order valence-corrected chi connectivity index (χ1v) is 5.89. The SMILES string of the molecule is CCCC[C@H](NC(=O)C(C)(C)CC)C(=O)O. The van der Waals surface area contributed by atoms with Gasteiger partial charge in [0, 0.05) is 5.41 Å². The molecule has 0 aromatic carbocycles. The largest absolute Gasteiger partial charge is 0.480 e. The predicted octanol–water partition coefficient (Wildman–Crippen LogP) is 2.18. The van der Waals surface area contributed by atoms with Crippen LogP contribution in [0.1, 0.15) is 53.4 Å². The summed E-state index contributed by atoms with van der Waals surface area (Å²) in [6, 6.07) is -0.752. The lowest BCUT2D eigenvalue weighted by molar-refractivity contribution is -0.143. The molecule has 0 radical (unpaired) electrons. The molecule has 0 aromatic heterocycles. The van der Waals surface area contributed by atoms with Crippen molar-refractivity contribution >= 4 is 11.9 Å². The van der Waals surface area contributed by atoms with Gasteiger partial charge in [0.15, 0.2) is 0 Å². The van der Waals surface area contributed by atoms with E-state index < -0.39 is 17.4 Å². The van der Waals surface area contributed by atoms with Crippen LogP contribution >= 0.6 is 0 Å². The molecule has 0 spiro atoms. The molecule has 4 nitrogen and oxygen atoms in total. The summed E-state index contributed by atoms with van der Waals surface area (Å²) >= 11 is 0. The summed E-state index contributed by atoms with van der Waals surface area (Å²) < 4.78 is 0. The van der Waals surface area contributed by atoms with E-state index in [-0.39, 0.29) is 5.91 Å². The maximum Gasteiger partial charge on any atom is 0.326 e. The second kappa shape index (κ2) is 6.51. The fourth-order valence-electron chi connectivity index (χ4n) is 1.18. The van der Waals surface area contributed by atoms with Crippen LogP contribution in [0.5, 0.6) is 0 Å². The van der Waals surface area contributed by atoms with Crippen LogP contribution in [0.25, 0.3) is 0 Å². The Morgan fingerprint density at radius 2 is 1.88 bits per heavy atom. The quantitative estimate of drug-likeness (QED) is 0.703.